The van der Waals surface area contributed by atoms with Crippen LogP contribution in [0.3, 0.4) is 0 Å². The first-order valence-electron chi connectivity index (χ1n) is 14.2. The van der Waals surface area contributed by atoms with Crippen molar-refractivity contribution >= 4 is 46.4 Å². The average Bonchev–Trinajstić information content (AvgIpc) is 3.51. The molecule has 0 aliphatic carbocycles. The SMILES string of the molecule is CCc1ccc(-c2ccc(/C=C/C(=O)Nc3ccc(NC(=O)Cc4ccc(C)cc4)c(C(=O)c4ccccc4)c3)s2)cc1. The summed E-state index contributed by atoms with van der Waals surface area (Å²) in [6.45, 7) is 4.13. The van der Waals surface area contributed by atoms with Gasteiger partial charge in [0, 0.05) is 32.6 Å². The van der Waals surface area contributed by atoms with E-state index in [1.807, 2.05) is 43.3 Å². The Balaban J connectivity index is 1.31. The Labute approximate surface area is 255 Å². The highest BCUT2D eigenvalue weighted by Gasteiger charge is 2.17. The third-order valence-electron chi connectivity index (χ3n) is 7.00. The summed E-state index contributed by atoms with van der Waals surface area (Å²) in [4.78, 5) is 41.3. The summed E-state index contributed by atoms with van der Waals surface area (Å²) >= 11 is 1.61. The zero-order valence-corrected chi connectivity index (χ0v) is 24.9. The lowest BCUT2D eigenvalue weighted by Crippen LogP contribution is -2.18. The van der Waals surface area contributed by atoms with E-state index >= 15 is 0 Å². The van der Waals surface area contributed by atoms with Gasteiger partial charge in [-0.05, 0) is 66.4 Å². The van der Waals surface area contributed by atoms with E-state index < -0.39 is 0 Å². The van der Waals surface area contributed by atoms with Crippen molar-refractivity contribution in [3.8, 4) is 10.4 Å². The van der Waals surface area contributed by atoms with Gasteiger partial charge in [-0.25, -0.2) is 0 Å². The van der Waals surface area contributed by atoms with E-state index in [1.165, 1.54) is 11.6 Å². The van der Waals surface area contributed by atoms with Crippen LogP contribution in [0.2, 0.25) is 0 Å². The number of rotatable bonds is 10. The number of anilines is 2. The first kappa shape index (κ1) is 29.4. The minimum atomic E-state index is -0.323. The molecule has 5 aromatic rings. The van der Waals surface area contributed by atoms with Crippen LogP contribution < -0.4 is 10.6 Å². The van der Waals surface area contributed by atoms with Crippen molar-refractivity contribution in [3.05, 3.63) is 148 Å². The maximum absolute atomic E-state index is 13.5. The zero-order chi connectivity index (χ0) is 30.2. The molecule has 1 heterocycles. The molecule has 0 fully saturated rings. The van der Waals surface area contributed by atoms with Gasteiger partial charge in [0.1, 0.15) is 0 Å². The van der Waals surface area contributed by atoms with Gasteiger partial charge in [0.2, 0.25) is 11.8 Å². The largest absolute Gasteiger partial charge is 0.325 e. The molecule has 0 unspecified atom stereocenters. The quantitative estimate of drug-likeness (QED) is 0.128. The Morgan fingerprint density at radius 1 is 0.767 bits per heavy atom. The highest BCUT2D eigenvalue weighted by atomic mass is 32.1. The van der Waals surface area contributed by atoms with Crippen molar-refractivity contribution in [1.29, 1.82) is 0 Å². The number of hydrogen-bond acceptors (Lipinski definition) is 4. The average molecular weight is 585 g/mol. The molecule has 43 heavy (non-hydrogen) atoms. The summed E-state index contributed by atoms with van der Waals surface area (Å²) < 4.78 is 0. The van der Waals surface area contributed by atoms with E-state index in [4.69, 9.17) is 0 Å². The topological polar surface area (TPSA) is 75.3 Å². The second kappa shape index (κ2) is 13.7. The van der Waals surface area contributed by atoms with E-state index in [0.717, 1.165) is 32.9 Å². The molecule has 214 valence electrons. The lowest BCUT2D eigenvalue weighted by atomic mass is 10.0. The van der Waals surface area contributed by atoms with Gasteiger partial charge >= 0.3 is 0 Å². The smallest absolute Gasteiger partial charge is 0.248 e. The summed E-state index contributed by atoms with van der Waals surface area (Å²) in [6.07, 6.45) is 4.43. The number of thiophene rings is 1. The van der Waals surface area contributed by atoms with Gasteiger partial charge in [-0.15, -0.1) is 11.3 Å². The molecule has 0 bridgehead atoms. The molecule has 4 aromatic carbocycles. The number of ketones is 1. The second-order valence-corrected chi connectivity index (χ2v) is 11.4. The molecule has 6 heteroatoms. The van der Waals surface area contributed by atoms with Crippen molar-refractivity contribution in [3.63, 3.8) is 0 Å². The molecule has 1 aromatic heterocycles. The molecule has 0 spiro atoms. The van der Waals surface area contributed by atoms with Crippen molar-refractivity contribution in [2.45, 2.75) is 26.7 Å². The molecular formula is C37H32N2O3S. The van der Waals surface area contributed by atoms with Gasteiger partial charge in [0.15, 0.2) is 5.78 Å². The number of carbonyl (C=O) groups excluding carboxylic acids is 3. The minimum absolute atomic E-state index is 0.178. The van der Waals surface area contributed by atoms with Gasteiger partial charge < -0.3 is 10.6 Å². The van der Waals surface area contributed by atoms with E-state index in [1.54, 1.807) is 59.9 Å². The van der Waals surface area contributed by atoms with Gasteiger partial charge in [-0.2, -0.15) is 0 Å². The Hall–Kier alpha value is -5.07. The number of nitrogens with one attached hydrogen (secondary N) is 2. The maximum atomic E-state index is 13.5. The van der Waals surface area contributed by atoms with Crippen molar-refractivity contribution in [1.82, 2.24) is 0 Å². The van der Waals surface area contributed by atoms with E-state index in [0.29, 0.717) is 22.5 Å². The number of benzene rings is 4. The Morgan fingerprint density at radius 3 is 2.21 bits per heavy atom. The predicted octanol–water partition coefficient (Wildman–Crippen LogP) is 8.35. The molecule has 0 atom stereocenters. The molecule has 0 aliphatic heterocycles. The summed E-state index contributed by atoms with van der Waals surface area (Å²) in [5, 5.41) is 5.74. The summed E-state index contributed by atoms with van der Waals surface area (Å²) in [6, 6.07) is 34.1. The Kier molecular flexibility index (Phi) is 9.39. The lowest BCUT2D eigenvalue weighted by molar-refractivity contribution is -0.115. The van der Waals surface area contributed by atoms with E-state index in [2.05, 4.69) is 47.9 Å². The summed E-state index contributed by atoms with van der Waals surface area (Å²) in [5.74, 6) is -0.810. The fourth-order valence-electron chi connectivity index (χ4n) is 4.59. The molecule has 0 radical (unpaired) electrons. The lowest BCUT2D eigenvalue weighted by Gasteiger charge is -2.13. The third kappa shape index (κ3) is 7.82. The molecule has 5 rings (SSSR count). The highest BCUT2D eigenvalue weighted by molar-refractivity contribution is 7.16. The molecule has 5 nitrogen and oxygen atoms in total. The van der Waals surface area contributed by atoms with Crippen LogP contribution >= 0.6 is 11.3 Å². The second-order valence-electron chi connectivity index (χ2n) is 10.2. The van der Waals surface area contributed by atoms with Crippen molar-refractivity contribution < 1.29 is 14.4 Å². The number of hydrogen-bond donors (Lipinski definition) is 2. The number of carbonyl (C=O) groups is 3. The van der Waals surface area contributed by atoms with Crippen molar-refractivity contribution in [2.24, 2.45) is 0 Å². The van der Waals surface area contributed by atoms with Crippen LogP contribution in [-0.2, 0) is 22.4 Å². The van der Waals surface area contributed by atoms with Gasteiger partial charge in [0.05, 0.1) is 12.1 Å². The van der Waals surface area contributed by atoms with Crippen LogP contribution in [0.4, 0.5) is 11.4 Å². The van der Waals surface area contributed by atoms with Crippen LogP contribution in [0.1, 0.15) is 44.4 Å². The van der Waals surface area contributed by atoms with Crippen LogP contribution in [-0.4, -0.2) is 17.6 Å². The molecule has 0 saturated carbocycles. The van der Waals surface area contributed by atoms with Crippen LogP contribution in [0.15, 0.2) is 115 Å². The highest BCUT2D eigenvalue weighted by Crippen LogP contribution is 2.29. The number of aryl methyl sites for hydroxylation is 2. The fourth-order valence-corrected chi connectivity index (χ4v) is 5.51. The molecule has 0 saturated heterocycles. The summed E-state index contributed by atoms with van der Waals surface area (Å²) in [7, 11) is 0. The molecule has 2 N–H and O–H groups in total. The van der Waals surface area contributed by atoms with E-state index in [-0.39, 0.29) is 24.0 Å². The van der Waals surface area contributed by atoms with Gasteiger partial charge in [-0.3, -0.25) is 14.4 Å². The Morgan fingerprint density at radius 2 is 1.49 bits per heavy atom. The first-order valence-corrected chi connectivity index (χ1v) is 15.0. The predicted molar refractivity (Wildman–Crippen MR) is 177 cm³/mol. The molecule has 0 aliphatic rings. The third-order valence-corrected chi connectivity index (χ3v) is 8.10. The molecular weight excluding hydrogens is 552 g/mol. The van der Waals surface area contributed by atoms with E-state index in [9.17, 15) is 14.4 Å². The standard InChI is InChI=1S/C37H32N2O3S/c1-3-26-13-15-28(16-14-26)34-21-18-31(43-34)19-22-35(40)38-30-17-20-33(32(24-30)37(42)29-7-5-4-6-8-29)39-36(41)23-27-11-9-25(2)10-12-27/h4-22,24H,3,23H2,1-2H3,(H,38,40)(H,39,41)/b22-19+. The van der Waals surface area contributed by atoms with Gasteiger partial charge in [0.25, 0.3) is 0 Å². The monoisotopic (exact) mass is 584 g/mol. The van der Waals surface area contributed by atoms with Crippen LogP contribution in [0.5, 0.6) is 0 Å². The minimum Gasteiger partial charge on any atom is -0.325 e. The van der Waals surface area contributed by atoms with Crippen molar-refractivity contribution in [2.75, 3.05) is 10.6 Å². The summed E-state index contributed by atoms with van der Waals surface area (Å²) in [5.41, 5.74) is 6.05. The normalized spacial score (nSPS) is 10.9. The Bertz CT molecular complexity index is 1770. The molecule has 2 amide bonds. The van der Waals surface area contributed by atoms with Gasteiger partial charge in [-0.1, -0.05) is 91.3 Å². The van der Waals surface area contributed by atoms with Crippen LogP contribution in [0.25, 0.3) is 16.5 Å². The fraction of sp³-hybridized carbons (Fsp3) is 0.108. The zero-order valence-electron chi connectivity index (χ0n) is 24.1. The van der Waals surface area contributed by atoms with Crippen LogP contribution in [0, 0.1) is 6.92 Å². The number of amides is 2. The maximum Gasteiger partial charge on any atom is 0.248 e. The first-order chi connectivity index (χ1) is 20.9.